The van der Waals surface area contributed by atoms with Crippen molar-refractivity contribution in [1.29, 1.82) is 0 Å². The van der Waals surface area contributed by atoms with Gasteiger partial charge in [-0.2, -0.15) is 0 Å². The van der Waals surface area contributed by atoms with Crippen molar-refractivity contribution in [2.75, 3.05) is 19.8 Å². The molecule has 1 fully saturated rings. The molecule has 0 bridgehead atoms. The van der Waals surface area contributed by atoms with Gasteiger partial charge in [0.15, 0.2) is 6.29 Å². The van der Waals surface area contributed by atoms with Crippen LogP contribution in [0.3, 0.4) is 0 Å². The second-order valence-electron chi connectivity index (χ2n) is 5.24. The maximum atomic E-state index is 6.03. The van der Waals surface area contributed by atoms with Gasteiger partial charge in [0, 0.05) is 16.8 Å². The van der Waals surface area contributed by atoms with Crippen molar-refractivity contribution in [3.8, 4) is 0 Å². The van der Waals surface area contributed by atoms with Crippen LogP contribution in [0.5, 0.6) is 0 Å². The molecule has 1 unspecified atom stereocenters. The van der Waals surface area contributed by atoms with Crippen LogP contribution in [0.15, 0.2) is 28.7 Å². The summed E-state index contributed by atoms with van der Waals surface area (Å²) in [5.74, 6) is 0.903. The van der Waals surface area contributed by atoms with Crippen LogP contribution in [0.4, 0.5) is 0 Å². The number of benzene rings is 1. The molecular weight excluding hydrogens is 290 g/mol. The van der Waals surface area contributed by atoms with Gasteiger partial charge < -0.3 is 19.2 Å². The zero-order chi connectivity index (χ0) is 14.7. The zero-order valence-electron chi connectivity index (χ0n) is 12.1. The van der Waals surface area contributed by atoms with E-state index in [-0.39, 0.29) is 12.3 Å². The van der Waals surface area contributed by atoms with Crippen molar-refractivity contribution < 1.29 is 13.9 Å². The Morgan fingerprint density at radius 1 is 1.29 bits per heavy atom. The molecule has 0 saturated carbocycles. The summed E-state index contributed by atoms with van der Waals surface area (Å²) in [4.78, 5) is 0. The molecular formula is C16H20ClNO3. The number of nitrogens with one attached hydrogen (secondary N) is 1. The van der Waals surface area contributed by atoms with Crippen LogP contribution in [0, 0.1) is 0 Å². The molecule has 0 aliphatic carbocycles. The SMILES string of the molecule is CCCNC(CC1OCCO1)c1cc2cc(Cl)ccc2o1. The number of rotatable bonds is 6. The van der Waals surface area contributed by atoms with Crippen molar-refractivity contribution in [2.24, 2.45) is 0 Å². The van der Waals surface area contributed by atoms with E-state index in [0.29, 0.717) is 13.2 Å². The maximum absolute atomic E-state index is 6.03. The lowest BCUT2D eigenvalue weighted by molar-refractivity contribution is -0.0541. The molecule has 1 saturated heterocycles. The lowest BCUT2D eigenvalue weighted by atomic mass is 10.1. The number of furan rings is 1. The third kappa shape index (κ3) is 3.58. The molecule has 0 radical (unpaired) electrons. The Balaban J connectivity index is 1.81. The summed E-state index contributed by atoms with van der Waals surface area (Å²) in [6.45, 7) is 4.40. The van der Waals surface area contributed by atoms with Crippen molar-refractivity contribution in [3.05, 3.63) is 35.0 Å². The van der Waals surface area contributed by atoms with E-state index in [1.807, 2.05) is 24.3 Å². The van der Waals surface area contributed by atoms with E-state index >= 15 is 0 Å². The fourth-order valence-corrected chi connectivity index (χ4v) is 2.74. The molecule has 2 heterocycles. The number of hydrogen-bond acceptors (Lipinski definition) is 4. The van der Waals surface area contributed by atoms with Gasteiger partial charge in [-0.1, -0.05) is 18.5 Å². The molecule has 0 amide bonds. The summed E-state index contributed by atoms with van der Waals surface area (Å²) in [6, 6.07) is 7.79. The second-order valence-corrected chi connectivity index (χ2v) is 5.68. The van der Waals surface area contributed by atoms with Gasteiger partial charge in [-0.15, -0.1) is 0 Å². The fraction of sp³-hybridized carbons (Fsp3) is 0.500. The Morgan fingerprint density at radius 3 is 2.86 bits per heavy atom. The summed E-state index contributed by atoms with van der Waals surface area (Å²) >= 11 is 6.03. The number of fused-ring (bicyclic) bond motifs is 1. The second kappa shape index (κ2) is 6.79. The van der Waals surface area contributed by atoms with Gasteiger partial charge in [0.25, 0.3) is 0 Å². The van der Waals surface area contributed by atoms with Gasteiger partial charge in [0.2, 0.25) is 0 Å². The van der Waals surface area contributed by atoms with Crippen molar-refractivity contribution in [2.45, 2.75) is 32.1 Å². The molecule has 1 aromatic heterocycles. The van der Waals surface area contributed by atoms with Gasteiger partial charge in [-0.05, 0) is 37.2 Å². The highest BCUT2D eigenvalue weighted by molar-refractivity contribution is 6.31. The summed E-state index contributed by atoms with van der Waals surface area (Å²) < 4.78 is 17.1. The summed E-state index contributed by atoms with van der Waals surface area (Å²) in [6.07, 6.45) is 1.65. The topological polar surface area (TPSA) is 43.6 Å². The van der Waals surface area contributed by atoms with E-state index in [1.54, 1.807) is 0 Å². The fourth-order valence-electron chi connectivity index (χ4n) is 2.56. The molecule has 21 heavy (non-hydrogen) atoms. The Labute approximate surface area is 129 Å². The van der Waals surface area contributed by atoms with Crippen LogP contribution >= 0.6 is 11.6 Å². The average Bonchev–Trinajstić information content (AvgIpc) is 3.11. The van der Waals surface area contributed by atoms with Crippen LogP contribution in [0.1, 0.15) is 31.6 Å². The van der Waals surface area contributed by atoms with Gasteiger partial charge >= 0.3 is 0 Å². The lowest BCUT2D eigenvalue weighted by Gasteiger charge is -2.19. The minimum absolute atomic E-state index is 0.0826. The quantitative estimate of drug-likeness (QED) is 0.879. The first-order valence-electron chi connectivity index (χ1n) is 7.42. The Bertz CT molecular complexity index is 592. The van der Waals surface area contributed by atoms with Gasteiger partial charge in [0.05, 0.1) is 19.3 Å². The van der Waals surface area contributed by atoms with Crippen molar-refractivity contribution in [1.82, 2.24) is 5.32 Å². The molecule has 1 aliphatic rings. The molecule has 1 aliphatic heterocycles. The highest BCUT2D eigenvalue weighted by Gasteiger charge is 2.24. The monoisotopic (exact) mass is 309 g/mol. The summed E-state index contributed by atoms with van der Waals surface area (Å²) in [5, 5.41) is 5.24. The Kier molecular flexibility index (Phi) is 4.80. The smallest absolute Gasteiger partial charge is 0.159 e. The Hall–Kier alpha value is -1.07. The normalized spacial score (nSPS) is 17.6. The number of ether oxygens (including phenoxy) is 2. The first kappa shape index (κ1) is 14.9. The highest BCUT2D eigenvalue weighted by atomic mass is 35.5. The van der Waals surface area contributed by atoms with Crippen LogP contribution in [0.25, 0.3) is 11.0 Å². The predicted molar refractivity (Wildman–Crippen MR) is 82.6 cm³/mol. The number of hydrogen-bond donors (Lipinski definition) is 1. The molecule has 1 atom stereocenters. The van der Waals surface area contributed by atoms with E-state index in [2.05, 4.69) is 12.2 Å². The molecule has 4 nitrogen and oxygen atoms in total. The molecule has 2 aromatic rings. The molecule has 114 valence electrons. The first-order valence-corrected chi connectivity index (χ1v) is 7.79. The average molecular weight is 310 g/mol. The van der Waals surface area contributed by atoms with E-state index in [9.17, 15) is 0 Å². The van der Waals surface area contributed by atoms with Crippen LogP contribution < -0.4 is 5.32 Å². The van der Waals surface area contributed by atoms with E-state index in [1.165, 1.54) is 0 Å². The Morgan fingerprint density at radius 2 is 2.10 bits per heavy atom. The minimum Gasteiger partial charge on any atom is -0.459 e. The molecule has 1 N–H and O–H groups in total. The lowest BCUT2D eigenvalue weighted by Crippen LogP contribution is -2.26. The van der Waals surface area contributed by atoms with Gasteiger partial charge in [-0.25, -0.2) is 0 Å². The third-order valence-electron chi connectivity index (χ3n) is 3.60. The standard InChI is InChI=1S/C16H20ClNO3/c1-2-5-18-13(10-16-19-6-7-20-16)15-9-11-8-12(17)3-4-14(11)21-15/h3-4,8-9,13,16,18H,2,5-7,10H2,1H3. The van der Waals surface area contributed by atoms with Crippen LogP contribution in [-0.2, 0) is 9.47 Å². The molecule has 1 aromatic carbocycles. The van der Waals surface area contributed by atoms with Crippen LogP contribution in [-0.4, -0.2) is 26.0 Å². The van der Waals surface area contributed by atoms with Gasteiger partial charge in [-0.3, -0.25) is 0 Å². The predicted octanol–water partition coefficient (Wildman–Crippen LogP) is 3.89. The third-order valence-corrected chi connectivity index (χ3v) is 3.84. The minimum atomic E-state index is -0.156. The van der Waals surface area contributed by atoms with E-state index in [4.69, 9.17) is 25.5 Å². The molecule has 3 rings (SSSR count). The maximum Gasteiger partial charge on any atom is 0.159 e. The van der Waals surface area contributed by atoms with Crippen LogP contribution in [0.2, 0.25) is 5.02 Å². The highest BCUT2D eigenvalue weighted by Crippen LogP contribution is 2.29. The summed E-state index contributed by atoms with van der Waals surface area (Å²) in [7, 11) is 0. The summed E-state index contributed by atoms with van der Waals surface area (Å²) in [5.41, 5.74) is 0.853. The van der Waals surface area contributed by atoms with Crippen molar-refractivity contribution >= 4 is 22.6 Å². The van der Waals surface area contributed by atoms with Gasteiger partial charge in [0.1, 0.15) is 11.3 Å². The first-order chi connectivity index (χ1) is 10.3. The molecule has 5 heteroatoms. The number of halogens is 1. The molecule has 0 spiro atoms. The van der Waals surface area contributed by atoms with E-state index < -0.39 is 0 Å². The zero-order valence-corrected chi connectivity index (χ0v) is 12.9. The van der Waals surface area contributed by atoms with E-state index in [0.717, 1.165) is 41.1 Å². The largest absolute Gasteiger partial charge is 0.459 e. The van der Waals surface area contributed by atoms with Crippen molar-refractivity contribution in [3.63, 3.8) is 0 Å².